The number of amides is 1. The maximum Gasteiger partial charge on any atom is 0.231 e. The number of hydrogen-bond donors (Lipinski definition) is 1. The van der Waals surface area contributed by atoms with E-state index in [2.05, 4.69) is 18.8 Å². The van der Waals surface area contributed by atoms with E-state index < -0.39 is 5.41 Å². The van der Waals surface area contributed by atoms with Crippen molar-refractivity contribution in [1.29, 1.82) is 0 Å². The van der Waals surface area contributed by atoms with Crippen molar-refractivity contribution in [1.82, 2.24) is 5.32 Å². The largest absolute Gasteiger partial charge is 0.352 e. The molecule has 0 bridgehead atoms. The molecule has 0 spiro atoms. The van der Waals surface area contributed by atoms with Crippen LogP contribution in [0.4, 0.5) is 0 Å². The summed E-state index contributed by atoms with van der Waals surface area (Å²) in [5.74, 6) is 0.588. The van der Waals surface area contributed by atoms with Crippen molar-refractivity contribution in [2.75, 3.05) is 0 Å². The summed E-state index contributed by atoms with van der Waals surface area (Å²) in [5.41, 5.74) is -0.663. The molecule has 1 aliphatic carbocycles. The lowest BCUT2D eigenvalue weighted by Crippen LogP contribution is -2.38. The summed E-state index contributed by atoms with van der Waals surface area (Å²) in [7, 11) is 0. The van der Waals surface area contributed by atoms with Crippen LogP contribution in [-0.4, -0.2) is 11.9 Å². The molecule has 0 saturated heterocycles. The smallest absolute Gasteiger partial charge is 0.231 e. The molecule has 1 rings (SSSR count). The lowest BCUT2D eigenvalue weighted by Gasteiger charge is -2.22. The molecule has 1 N–H and O–H groups in total. The van der Waals surface area contributed by atoms with Gasteiger partial charge in [-0.25, -0.2) is 0 Å². The number of carbonyl (C=O) groups excluding carboxylic acids is 1. The molecule has 3 heteroatoms. The van der Waals surface area contributed by atoms with Gasteiger partial charge in [0.2, 0.25) is 5.91 Å². The van der Waals surface area contributed by atoms with Gasteiger partial charge in [0.15, 0.2) is 0 Å². The molecular weight excluding hydrogens is 186 g/mol. The Morgan fingerprint density at radius 2 is 2.08 bits per heavy atom. The lowest BCUT2D eigenvalue weighted by atomic mass is 9.92. The summed E-state index contributed by atoms with van der Waals surface area (Å²) in [6.45, 7) is 9.28. The van der Waals surface area contributed by atoms with Gasteiger partial charge in [-0.1, -0.05) is 25.1 Å². The Morgan fingerprint density at radius 1 is 1.62 bits per heavy atom. The fraction of sp³-hybridized carbons (Fsp3) is 0.700. The highest BCUT2D eigenvalue weighted by Crippen LogP contribution is 2.33. The molecule has 0 heterocycles. The van der Waals surface area contributed by atoms with Gasteiger partial charge in [-0.15, -0.1) is 0 Å². The van der Waals surface area contributed by atoms with Crippen LogP contribution in [0.5, 0.6) is 0 Å². The lowest BCUT2D eigenvalue weighted by molar-refractivity contribution is -0.127. The summed E-state index contributed by atoms with van der Waals surface area (Å²) in [4.78, 5) is 11.6. The quantitative estimate of drug-likeness (QED) is 0.746. The molecule has 1 aliphatic rings. The van der Waals surface area contributed by atoms with E-state index in [4.69, 9.17) is 11.6 Å². The molecule has 1 fully saturated rings. The Kier molecular flexibility index (Phi) is 2.71. The monoisotopic (exact) mass is 201 g/mol. The molecule has 0 aromatic rings. The van der Waals surface area contributed by atoms with E-state index in [9.17, 15) is 4.79 Å². The minimum Gasteiger partial charge on any atom is -0.352 e. The zero-order chi connectivity index (χ0) is 10.2. The van der Waals surface area contributed by atoms with E-state index in [-0.39, 0.29) is 5.91 Å². The third kappa shape index (κ3) is 2.25. The minimum atomic E-state index is -0.663. The summed E-state index contributed by atoms with van der Waals surface area (Å²) >= 11 is 5.75. The second-order valence-corrected chi connectivity index (χ2v) is 4.78. The zero-order valence-corrected chi connectivity index (χ0v) is 9.11. The average Bonchev–Trinajstić information content (AvgIpc) is 2.65. The molecule has 0 aliphatic heterocycles. The Balaban J connectivity index is 2.51. The molecule has 13 heavy (non-hydrogen) atoms. The number of hydrogen-bond acceptors (Lipinski definition) is 1. The zero-order valence-electron chi connectivity index (χ0n) is 8.36. The van der Waals surface area contributed by atoms with Gasteiger partial charge in [-0.2, -0.15) is 0 Å². The fourth-order valence-electron chi connectivity index (χ4n) is 0.995. The molecule has 0 aromatic carbocycles. The summed E-state index contributed by atoms with van der Waals surface area (Å²) < 4.78 is 0. The van der Waals surface area contributed by atoms with Gasteiger partial charge >= 0.3 is 0 Å². The van der Waals surface area contributed by atoms with E-state index in [0.29, 0.717) is 17.0 Å². The molecule has 0 aromatic heterocycles. The third-order valence-electron chi connectivity index (χ3n) is 2.67. The summed E-state index contributed by atoms with van der Waals surface area (Å²) in [6, 6.07) is 0.350. The predicted molar refractivity (Wildman–Crippen MR) is 54.5 cm³/mol. The van der Waals surface area contributed by atoms with Crippen LogP contribution < -0.4 is 5.32 Å². The Bertz CT molecular complexity index is 247. The van der Waals surface area contributed by atoms with Crippen LogP contribution >= 0.6 is 11.6 Å². The highest BCUT2D eigenvalue weighted by atomic mass is 35.5. The molecule has 74 valence electrons. The van der Waals surface area contributed by atoms with Gasteiger partial charge < -0.3 is 5.32 Å². The standard InChI is InChI=1S/C10H16ClNO/c1-6-5-8(6)12-9(13)10(3,4)7(2)11/h6,8H,2,5H2,1,3-4H3,(H,12,13). The molecular formula is C10H16ClNO. The maximum absolute atomic E-state index is 11.6. The second kappa shape index (κ2) is 3.33. The fourth-order valence-corrected chi connectivity index (χ4v) is 1.08. The van der Waals surface area contributed by atoms with Crippen molar-refractivity contribution < 1.29 is 4.79 Å². The first kappa shape index (κ1) is 10.6. The van der Waals surface area contributed by atoms with Crippen LogP contribution in [0.3, 0.4) is 0 Å². The topological polar surface area (TPSA) is 29.1 Å². The van der Waals surface area contributed by atoms with Crippen molar-refractivity contribution >= 4 is 17.5 Å². The van der Waals surface area contributed by atoms with Crippen LogP contribution in [0, 0.1) is 11.3 Å². The number of nitrogens with one attached hydrogen (secondary N) is 1. The molecule has 1 saturated carbocycles. The van der Waals surface area contributed by atoms with Crippen molar-refractivity contribution in [3.8, 4) is 0 Å². The summed E-state index contributed by atoms with van der Waals surface area (Å²) in [6.07, 6.45) is 1.08. The number of rotatable bonds is 3. The molecule has 2 atom stereocenters. The molecule has 2 nitrogen and oxygen atoms in total. The maximum atomic E-state index is 11.6. The van der Waals surface area contributed by atoms with Crippen molar-refractivity contribution in [2.24, 2.45) is 11.3 Å². The van der Waals surface area contributed by atoms with Crippen LogP contribution in [-0.2, 0) is 4.79 Å². The molecule has 2 unspecified atom stereocenters. The molecule has 1 amide bonds. The van der Waals surface area contributed by atoms with Gasteiger partial charge in [0.1, 0.15) is 0 Å². The van der Waals surface area contributed by atoms with Crippen LogP contribution in [0.15, 0.2) is 11.6 Å². The van der Waals surface area contributed by atoms with Gasteiger partial charge in [-0.05, 0) is 26.2 Å². The summed E-state index contributed by atoms with van der Waals surface area (Å²) in [5, 5.41) is 3.33. The SMILES string of the molecule is C=C(Cl)C(C)(C)C(=O)NC1CC1C. The Labute approximate surface area is 84.3 Å². The van der Waals surface area contributed by atoms with Gasteiger partial charge in [0, 0.05) is 11.1 Å². The number of carbonyl (C=O) groups is 1. The average molecular weight is 202 g/mol. The van der Waals surface area contributed by atoms with Crippen LogP contribution in [0.2, 0.25) is 0 Å². The van der Waals surface area contributed by atoms with Crippen molar-refractivity contribution in [3.63, 3.8) is 0 Å². The first-order valence-corrected chi connectivity index (χ1v) is 4.89. The van der Waals surface area contributed by atoms with E-state index in [1.165, 1.54) is 0 Å². The van der Waals surface area contributed by atoms with Crippen molar-refractivity contribution in [2.45, 2.75) is 33.2 Å². The van der Waals surface area contributed by atoms with Crippen molar-refractivity contribution in [3.05, 3.63) is 11.6 Å². The number of halogens is 1. The van der Waals surface area contributed by atoms with E-state index >= 15 is 0 Å². The van der Waals surface area contributed by atoms with E-state index in [1.54, 1.807) is 13.8 Å². The van der Waals surface area contributed by atoms with E-state index in [0.717, 1.165) is 6.42 Å². The normalized spacial score (nSPS) is 26.8. The minimum absolute atomic E-state index is 0.0261. The first-order valence-electron chi connectivity index (χ1n) is 4.51. The van der Waals surface area contributed by atoms with Gasteiger partial charge in [0.25, 0.3) is 0 Å². The van der Waals surface area contributed by atoms with E-state index in [1.807, 2.05) is 0 Å². The molecule has 0 radical (unpaired) electrons. The van der Waals surface area contributed by atoms with Gasteiger partial charge in [0.05, 0.1) is 5.41 Å². The van der Waals surface area contributed by atoms with Gasteiger partial charge in [-0.3, -0.25) is 4.79 Å². The highest BCUT2D eigenvalue weighted by molar-refractivity contribution is 6.31. The second-order valence-electron chi connectivity index (χ2n) is 4.32. The predicted octanol–water partition coefficient (Wildman–Crippen LogP) is 2.29. The third-order valence-corrected chi connectivity index (χ3v) is 3.14. The van der Waals surface area contributed by atoms with Crippen LogP contribution in [0.25, 0.3) is 0 Å². The highest BCUT2D eigenvalue weighted by Gasteiger charge is 2.38. The Morgan fingerprint density at radius 3 is 2.38 bits per heavy atom. The Hall–Kier alpha value is -0.500. The van der Waals surface area contributed by atoms with Crippen LogP contribution in [0.1, 0.15) is 27.2 Å². The first-order chi connectivity index (χ1) is 5.85.